The summed E-state index contributed by atoms with van der Waals surface area (Å²) >= 11 is 0. The standard InChI is InChI=1S/C17H26FNO2/c1-12(2)7-9-19(10-8-13(3)4)17(21)15-6-5-14(20)11-16(15)18/h5-6,11-13,20H,7-10H2,1-4H3. The molecule has 0 aromatic heterocycles. The molecular weight excluding hydrogens is 269 g/mol. The minimum atomic E-state index is -0.668. The van der Waals surface area contributed by atoms with E-state index in [4.69, 9.17) is 0 Å². The van der Waals surface area contributed by atoms with Gasteiger partial charge >= 0.3 is 0 Å². The van der Waals surface area contributed by atoms with Crippen LogP contribution in [0.1, 0.15) is 50.9 Å². The number of phenolic OH excluding ortho intramolecular Hbond substituents is 1. The van der Waals surface area contributed by atoms with Gasteiger partial charge in [-0.15, -0.1) is 0 Å². The molecule has 0 unspecified atom stereocenters. The van der Waals surface area contributed by atoms with Crippen molar-refractivity contribution in [2.45, 2.75) is 40.5 Å². The van der Waals surface area contributed by atoms with Gasteiger partial charge in [0.05, 0.1) is 5.56 Å². The first-order valence-corrected chi connectivity index (χ1v) is 7.59. The Labute approximate surface area is 126 Å². The van der Waals surface area contributed by atoms with Gasteiger partial charge in [0.25, 0.3) is 5.91 Å². The zero-order valence-electron chi connectivity index (χ0n) is 13.4. The van der Waals surface area contributed by atoms with E-state index in [1.165, 1.54) is 12.1 Å². The maximum atomic E-state index is 13.9. The highest BCUT2D eigenvalue weighted by Gasteiger charge is 2.19. The fourth-order valence-electron chi connectivity index (χ4n) is 1.99. The Kier molecular flexibility index (Phi) is 6.66. The van der Waals surface area contributed by atoms with Crippen LogP contribution in [0.4, 0.5) is 4.39 Å². The second kappa shape index (κ2) is 8.01. The number of benzene rings is 1. The molecular formula is C17H26FNO2. The number of hydrogen-bond acceptors (Lipinski definition) is 2. The first-order valence-electron chi connectivity index (χ1n) is 7.59. The second-order valence-electron chi connectivity index (χ2n) is 6.32. The monoisotopic (exact) mass is 295 g/mol. The molecule has 0 spiro atoms. The van der Waals surface area contributed by atoms with Crippen molar-refractivity contribution in [3.05, 3.63) is 29.6 Å². The molecule has 1 aromatic rings. The lowest BCUT2D eigenvalue weighted by molar-refractivity contribution is 0.0736. The van der Waals surface area contributed by atoms with Crippen LogP contribution in [0.2, 0.25) is 0 Å². The Morgan fingerprint density at radius 3 is 2.10 bits per heavy atom. The molecule has 1 N–H and O–H groups in total. The van der Waals surface area contributed by atoms with Crippen LogP contribution in [0.5, 0.6) is 5.75 Å². The summed E-state index contributed by atoms with van der Waals surface area (Å²) < 4.78 is 13.9. The van der Waals surface area contributed by atoms with Crippen molar-refractivity contribution in [2.75, 3.05) is 13.1 Å². The van der Waals surface area contributed by atoms with Crippen LogP contribution >= 0.6 is 0 Å². The van der Waals surface area contributed by atoms with Gasteiger partial charge in [0.1, 0.15) is 11.6 Å². The predicted molar refractivity (Wildman–Crippen MR) is 82.9 cm³/mol. The Hall–Kier alpha value is -1.58. The molecule has 21 heavy (non-hydrogen) atoms. The maximum Gasteiger partial charge on any atom is 0.256 e. The van der Waals surface area contributed by atoms with Gasteiger partial charge < -0.3 is 10.0 Å². The van der Waals surface area contributed by atoms with Gasteiger partial charge in [-0.25, -0.2) is 4.39 Å². The van der Waals surface area contributed by atoms with Crippen molar-refractivity contribution < 1.29 is 14.3 Å². The molecule has 0 saturated heterocycles. The molecule has 4 heteroatoms. The number of aromatic hydroxyl groups is 1. The molecule has 3 nitrogen and oxygen atoms in total. The van der Waals surface area contributed by atoms with Crippen LogP contribution in [0.3, 0.4) is 0 Å². The molecule has 1 aromatic carbocycles. The zero-order chi connectivity index (χ0) is 16.0. The molecule has 1 rings (SSSR count). The normalized spacial score (nSPS) is 11.2. The zero-order valence-corrected chi connectivity index (χ0v) is 13.4. The van der Waals surface area contributed by atoms with Gasteiger partial charge in [-0.2, -0.15) is 0 Å². The lowest BCUT2D eigenvalue weighted by atomic mass is 10.1. The fraction of sp³-hybridized carbons (Fsp3) is 0.588. The summed E-state index contributed by atoms with van der Waals surface area (Å²) in [6.07, 6.45) is 1.78. The Morgan fingerprint density at radius 2 is 1.67 bits per heavy atom. The van der Waals surface area contributed by atoms with Gasteiger partial charge in [-0.05, 0) is 36.8 Å². The van der Waals surface area contributed by atoms with Crippen molar-refractivity contribution >= 4 is 5.91 Å². The third-order valence-electron chi connectivity index (χ3n) is 3.42. The average Bonchev–Trinajstić information content (AvgIpc) is 2.37. The number of amides is 1. The summed E-state index contributed by atoms with van der Waals surface area (Å²) in [6.45, 7) is 9.67. The Balaban J connectivity index is 2.86. The quantitative estimate of drug-likeness (QED) is 0.824. The van der Waals surface area contributed by atoms with Crippen LogP contribution in [0, 0.1) is 17.7 Å². The van der Waals surface area contributed by atoms with Crippen molar-refractivity contribution in [3.63, 3.8) is 0 Å². The summed E-state index contributed by atoms with van der Waals surface area (Å²) in [5.74, 6) is -0.152. The summed E-state index contributed by atoms with van der Waals surface area (Å²) in [5, 5.41) is 9.25. The average molecular weight is 295 g/mol. The summed E-state index contributed by atoms with van der Waals surface area (Å²) in [5.41, 5.74) is 0.0281. The van der Waals surface area contributed by atoms with E-state index in [-0.39, 0.29) is 17.2 Å². The lowest BCUT2D eigenvalue weighted by Gasteiger charge is -2.25. The largest absolute Gasteiger partial charge is 0.508 e. The van der Waals surface area contributed by atoms with Gasteiger partial charge in [-0.3, -0.25) is 4.79 Å². The number of phenols is 1. The molecule has 0 aliphatic rings. The summed E-state index contributed by atoms with van der Waals surface area (Å²) in [7, 11) is 0. The van der Waals surface area contributed by atoms with E-state index in [0.29, 0.717) is 24.9 Å². The Bertz CT molecular complexity index is 460. The van der Waals surface area contributed by atoms with E-state index >= 15 is 0 Å². The second-order valence-corrected chi connectivity index (χ2v) is 6.32. The molecule has 0 bridgehead atoms. The van der Waals surface area contributed by atoms with E-state index < -0.39 is 5.82 Å². The molecule has 118 valence electrons. The van der Waals surface area contributed by atoms with E-state index in [2.05, 4.69) is 27.7 Å². The highest BCUT2D eigenvalue weighted by molar-refractivity contribution is 5.94. The maximum absolute atomic E-state index is 13.9. The Morgan fingerprint density at radius 1 is 1.14 bits per heavy atom. The van der Waals surface area contributed by atoms with Crippen molar-refractivity contribution in [1.29, 1.82) is 0 Å². The molecule has 0 heterocycles. The van der Waals surface area contributed by atoms with Gasteiger partial charge in [0.2, 0.25) is 0 Å². The van der Waals surface area contributed by atoms with Crippen LogP contribution in [-0.2, 0) is 0 Å². The molecule has 0 fully saturated rings. The first kappa shape index (κ1) is 17.5. The number of rotatable bonds is 7. The third kappa shape index (κ3) is 5.74. The van der Waals surface area contributed by atoms with Crippen molar-refractivity contribution in [2.24, 2.45) is 11.8 Å². The molecule has 0 atom stereocenters. The van der Waals surface area contributed by atoms with Crippen LogP contribution in [-0.4, -0.2) is 29.0 Å². The van der Waals surface area contributed by atoms with Crippen molar-refractivity contribution in [1.82, 2.24) is 4.90 Å². The SMILES string of the molecule is CC(C)CCN(CCC(C)C)C(=O)c1ccc(O)cc1F. The predicted octanol–water partition coefficient (Wildman–Crippen LogP) is 4.07. The molecule has 0 saturated carbocycles. The van der Waals surface area contributed by atoms with E-state index in [1.807, 2.05) is 0 Å². The molecule has 0 aliphatic heterocycles. The number of nitrogens with zero attached hydrogens (tertiary/aromatic N) is 1. The van der Waals surface area contributed by atoms with E-state index in [9.17, 15) is 14.3 Å². The minimum Gasteiger partial charge on any atom is -0.508 e. The molecule has 1 amide bonds. The van der Waals surface area contributed by atoms with Crippen LogP contribution in [0.15, 0.2) is 18.2 Å². The van der Waals surface area contributed by atoms with Crippen molar-refractivity contribution in [3.8, 4) is 5.75 Å². The minimum absolute atomic E-state index is 0.0281. The van der Waals surface area contributed by atoms with Crippen LogP contribution in [0.25, 0.3) is 0 Å². The third-order valence-corrected chi connectivity index (χ3v) is 3.42. The summed E-state index contributed by atoms with van der Waals surface area (Å²) in [4.78, 5) is 14.2. The highest BCUT2D eigenvalue weighted by atomic mass is 19.1. The fourth-order valence-corrected chi connectivity index (χ4v) is 1.99. The van der Waals surface area contributed by atoms with Gasteiger partial charge in [0, 0.05) is 19.2 Å². The highest BCUT2D eigenvalue weighted by Crippen LogP contribution is 2.18. The molecule has 0 radical (unpaired) electrons. The van der Waals surface area contributed by atoms with E-state index in [0.717, 1.165) is 18.9 Å². The smallest absolute Gasteiger partial charge is 0.256 e. The number of carbonyl (C=O) groups is 1. The number of halogens is 1. The topological polar surface area (TPSA) is 40.5 Å². The van der Waals surface area contributed by atoms with Gasteiger partial charge in [0.15, 0.2) is 0 Å². The number of hydrogen-bond donors (Lipinski definition) is 1. The van der Waals surface area contributed by atoms with E-state index in [1.54, 1.807) is 4.90 Å². The van der Waals surface area contributed by atoms with Crippen LogP contribution < -0.4 is 0 Å². The summed E-state index contributed by atoms with van der Waals surface area (Å²) in [6, 6.07) is 3.68. The first-order chi connectivity index (χ1) is 9.81. The van der Waals surface area contributed by atoms with Gasteiger partial charge in [-0.1, -0.05) is 27.7 Å². The lowest BCUT2D eigenvalue weighted by Crippen LogP contribution is -2.34. The number of carbonyl (C=O) groups excluding carboxylic acids is 1. The molecule has 0 aliphatic carbocycles.